The van der Waals surface area contributed by atoms with E-state index in [1.165, 1.54) is 0 Å². The number of aromatic nitrogens is 2. The maximum Gasteiger partial charge on any atom is 0.355 e. The van der Waals surface area contributed by atoms with Crippen molar-refractivity contribution in [3.63, 3.8) is 0 Å². The van der Waals surface area contributed by atoms with Crippen molar-refractivity contribution in [1.82, 2.24) is 14.9 Å². The van der Waals surface area contributed by atoms with E-state index in [0.29, 0.717) is 18.8 Å². The molecule has 26 heavy (non-hydrogen) atoms. The van der Waals surface area contributed by atoms with Gasteiger partial charge >= 0.3 is 5.97 Å². The second-order valence-corrected chi connectivity index (χ2v) is 6.33. The summed E-state index contributed by atoms with van der Waals surface area (Å²) >= 11 is 0. The van der Waals surface area contributed by atoms with Crippen LogP contribution in [0.3, 0.4) is 0 Å². The van der Waals surface area contributed by atoms with E-state index in [-0.39, 0.29) is 18.4 Å². The molecule has 1 aliphatic heterocycles. The number of piperidine rings is 1. The third kappa shape index (κ3) is 3.33. The number of oxazole rings is 1. The number of carbonyl (C=O) groups excluding carboxylic acids is 2. The first kappa shape index (κ1) is 16.4. The molecular weight excluding hydrogens is 334 g/mol. The van der Waals surface area contributed by atoms with Crippen LogP contribution >= 0.6 is 0 Å². The number of esters is 1. The summed E-state index contributed by atoms with van der Waals surface area (Å²) in [5.74, 6) is 0.232. The molecule has 1 saturated heterocycles. The first-order chi connectivity index (χ1) is 12.7. The summed E-state index contributed by atoms with van der Waals surface area (Å²) in [5, 5.41) is 0. The monoisotopic (exact) mass is 353 g/mol. The zero-order valence-electron chi connectivity index (χ0n) is 14.2. The summed E-state index contributed by atoms with van der Waals surface area (Å²) in [6, 6.07) is 11.0. The molecule has 2 aromatic heterocycles. The highest BCUT2D eigenvalue weighted by molar-refractivity contribution is 5.89. The smallest absolute Gasteiger partial charge is 0.355 e. The van der Waals surface area contributed by atoms with E-state index in [1.807, 2.05) is 24.3 Å². The first-order valence-electron chi connectivity index (χ1n) is 8.64. The minimum absolute atomic E-state index is 0.180. The summed E-state index contributed by atoms with van der Waals surface area (Å²) in [6.45, 7) is 0.954. The second kappa shape index (κ2) is 7.03. The molecule has 0 atom stereocenters. The zero-order valence-corrected chi connectivity index (χ0v) is 14.2. The minimum Gasteiger partial charge on any atom is -0.451 e. The predicted molar refractivity (Wildman–Crippen MR) is 93.6 cm³/mol. The molecule has 1 N–H and O–H groups in total. The van der Waals surface area contributed by atoms with Crippen LogP contribution in [0.2, 0.25) is 0 Å². The number of rotatable bonds is 4. The molecule has 134 valence electrons. The van der Waals surface area contributed by atoms with E-state index in [1.54, 1.807) is 23.2 Å². The van der Waals surface area contributed by atoms with Crippen LogP contribution in [0, 0.1) is 0 Å². The summed E-state index contributed by atoms with van der Waals surface area (Å²) in [5.41, 5.74) is 1.99. The minimum atomic E-state index is -0.523. The maximum absolute atomic E-state index is 12.3. The molecule has 1 aromatic carbocycles. The van der Waals surface area contributed by atoms with E-state index < -0.39 is 5.97 Å². The van der Waals surface area contributed by atoms with Crippen LogP contribution in [0.5, 0.6) is 0 Å². The maximum atomic E-state index is 12.3. The first-order valence-corrected chi connectivity index (χ1v) is 8.64. The molecule has 0 bridgehead atoms. The van der Waals surface area contributed by atoms with Crippen molar-refractivity contribution in [3.8, 4) is 0 Å². The molecule has 7 heteroatoms. The number of carbonyl (C=O) groups is 2. The number of benzene rings is 1. The van der Waals surface area contributed by atoms with Crippen LogP contribution in [0.15, 0.2) is 47.0 Å². The highest BCUT2D eigenvalue weighted by Gasteiger charge is 2.27. The van der Waals surface area contributed by atoms with Gasteiger partial charge in [0.25, 0.3) is 5.91 Å². The lowest BCUT2D eigenvalue weighted by Gasteiger charge is -2.30. The van der Waals surface area contributed by atoms with Crippen LogP contribution in [0.4, 0.5) is 0 Å². The third-order valence-corrected chi connectivity index (χ3v) is 4.65. The van der Waals surface area contributed by atoms with Gasteiger partial charge in [-0.1, -0.05) is 12.1 Å². The van der Waals surface area contributed by atoms with Gasteiger partial charge in [-0.15, -0.1) is 0 Å². The van der Waals surface area contributed by atoms with E-state index in [4.69, 9.17) is 9.15 Å². The van der Waals surface area contributed by atoms with Gasteiger partial charge < -0.3 is 19.0 Å². The number of hydrogen-bond acceptors (Lipinski definition) is 5. The Morgan fingerprint density at radius 3 is 2.73 bits per heavy atom. The summed E-state index contributed by atoms with van der Waals surface area (Å²) in [7, 11) is 0. The molecule has 7 nitrogen and oxygen atoms in total. The lowest BCUT2D eigenvalue weighted by atomic mass is 9.97. The van der Waals surface area contributed by atoms with Gasteiger partial charge in [-0.05, 0) is 37.1 Å². The number of nitrogens with one attached hydrogen (secondary N) is 1. The molecular formula is C19H19N3O4. The Morgan fingerprint density at radius 2 is 2.00 bits per heavy atom. The van der Waals surface area contributed by atoms with Crippen molar-refractivity contribution >= 4 is 23.0 Å². The van der Waals surface area contributed by atoms with Gasteiger partial charge in [0.15, 0.2) is 18.1 Å². The van der Waals surface area contributed by atoms with Crippen LogP contribution in [-0.4, -0.2) is 46.4 Å². The Kier molecular flexibility index (Phi) is 4.43. The predicted octanol–water partition coefficient (Wildman–Crippen LogP) is 2.72. The number of fused-ring (bicyclic) bond motifs is 1. The number of para-hydroxylation sites is 2. The largest absolute Gasteiger partial charge is 0.451 e. The van der Waals surface area contributed by atoms with Crippen molar-refractivity contribution in [1.29, 1.82) is 0 Å². The molecule has 0 aliphatic carbocycles. The molecule has 0 unspecified atom stereocenters. The Balaban J connectivity index is 1.30. The van der Waals surface area contributed by atoms with Crippen molar-refractivity contribution in [2.75, 3.05) is 19.7 Å². The van der Waals surface area contributed by atoms with Crippen molar-refractivity contribution in [2.45, 2.75) is 18.8 Å². The Labute approximate surface area is 150 Å². The molecule has 1 fully saturated rings. The highest BCUT2D eigenvalue weighted by Crippen LogP contribution is 2.29. The Hall–Kier alpha value is -3.09. The fourth-order valence-electron chi connectivity index (χ4n) is 3.19. The van der Waals surface area contributed by atoms with E-state index in [2.05, 4.69) is 9.97 Å². The van der Waals surface area contributed by atoms with Gasteiger partial charge in [0.05, 0.1) is 0 Å². The van der Waals surface area contributed by atoms with Crippen LogP contribution in [0.1, 0.15) is 35.1 Å². The summed E-state index contributed by atoms with van der Waals surface area (Å²) in [6.07, 6.45) is 3.20. The summed E-state index contributed by atoms with van der Waals surface area (Å²) in [4.78, 5) is 33.1. The van der Waals surface area contributed by atoms with Gasteiger partial charge in [-0.25, -0.2) is 9.78 Å². The molecule has 0 saturated carbocycles. The highest BCUT2D eigenvalue weighted by atomic mass is 16.5. The van der Waals surface area contributed by atoms with Gasteiger partial charge in [-0.3, -0.25) is 4.79 Å². The number of ether oxygens (including phenoxy) is 1. The van der Waals surface area contributed by atoms with E-state index >= 15 is 0 Å². The normalized spacial score (nSPS) is 15.3. The van der Waals surface area contributed by atoms with Gasteiger partial charge in [0.1, 0.15) is 11.2 Å². The Bertz CT molecular complexity index is 875. The molecule has 0 radical (unpaired) electrons. The van der Waals surface area contributed by atoms with Crippen LogP contribution < -0.4 is 0 Å². The fraction of sp³-hybridized carbons (Fsp3) is 0.316. The molecule has 0 spiro atoms. The zero-order chi connectivity index (χ0) is 17.9. The van der Waals surface area contributed by atoms with Gasteiger partial charge in [0.2, 0.25) is 0 Å². The number of amides is 1. The van der Waals surface area contributed by atoms with Gasteiger partial charge in [0, 0.05) is 25.2 Å². The second-order valence-electron chi connectivity index (χ2n) is 6.33. The Morgan fingerprint density at radius 1 is 1.19 bits per heavy atom. The number of aromatic amines is 1. The lowest BCUT2D eigenvalue weighted by Crippen LogP contribution is -2.40. The average molecular weight is 353 g/mol. The number of nitrogens with zero attached hydrogens (tertiary/aromatic N) is 2. The third-order valence-electron chi connectivity index (χ3n) is 4.65. The number of H-pyrrole nitrogens is 1. The number of hydrogen-bond donors (Lipinski definition) is 1. The number of likely N-dealkylation sites (tertiary alicyclic amines) is 1. The SMILES string of the molecule is O=C(OCC(=O)N1CCC(c2nc3ccccc3o2)CC1)c1ccc[nH]1. The van der Waals surface area contributed by atoms with E-state index in [9.17, 15) is 9.59 Å². The lowest BCUT2D eigenvalue weighted by molar-refractivity contribution is -0.135. The molecule has 4 rings (SSSR count). The average Bonchev–Trinajstić information content (AvgIpc) is 3.35. The molecule has 3 aromatic rings. The molecule has 3 heterocycles. The van der Waals surface area contributed by atoms with Crippen LogP contribution in [-0.2, 0) is 9.53 Å². The van der Waals surface area contributed by atoms with Crippen molar-refractivity contribution in [2.24, 2.45) is 0 Å². The quantitative estimate of drug-likeness (QED) is 0.729. The molecule has 1 amide bonds. The van der Waals surface area contributed by atoms with Crippen molar-refractivity contribution in [3.05, 3.63) is 54.2 Å². The fourth-order valence-corrected chi connectivity index (χ4v) is 3.19. The molecule has 1 aliphatic rings. The topological polar surface area (TPSA) is 88.4 Å². The van der Waals surface area contributed by atoms with Gasteiger partial charge in [-0.2, -0.15) is 0 Å². The summed E-state index contributed by atoms with van der Waals surface area (Å²) < 4.78 is 10.9. The van der Waals surface area contributed by atoms with E-state index in [0.717, 1.165) is 29.8 Å². The standard InChI is InChI=1S/C19H19N3O4/c23-17(12-25-19(24)15-5-3-9-20-15)22-10-7-13(8-11-22)18-21-14-4-1-2-6-16(14)26-18/h1-6,9,13,20H,7-8,10-12H2. The van der Waals surface area contributed by atoms with Crippen molar-refractivity contribution < 1.29 is 18.7 Å². The van der Waals surface area contributed by atoms with Crippen LogP contribution in [0.25, 0.3) is 11.1 Å².